The molecule has 0 aliphatic rings. The maximum absolute atomic E-state index is 12.8. The number of benzene rings is 1. The van der Waals surface area contributed by atoms with E-state index in [-0.39, 0.29) is 36.7 Å². The Morgan fingerprint density at radius 1 is 1.21 bits per heavy atom. The number of nitrogens with two attached hydrogens (primary N) is 3. The number of anilines is 1. The molecule has 0 saturated heterocycles. The number of hydrogen-bond acceptors (Lipinski definition) is 7. The van der Waals surface area contributed by atoms with Gasteiger partial charge in [-0.3, -0.25) is 19.9 Å². The Kier molecular flexibility index (Phi) is 7.44. The van der Waals surface area contributed by atoms with Gasteiger partial charge in [0.05, 0.1) is 4.92 Å². The number of nitro groups is 1. The lowest BCUT2D eigenvalue weighted by molar-refractivity contribution is -0.384. The van der Waals surface area contributed by atoms with Gasteiger partial charge in [0.2, 0.25) is 0 Å². The zero-order valence-corrected chi connectivity index (χ0v) is 16.1. The van der Waals surface area contributed by atoms with E-state index in [4.69, 9.17) is 21.9 Å². The first kappa shape index (κ1) is 22.8. The highest BCUT2D eigenvalue weighted by molar-refractivity contribution is 6.12. The van der Waals surface area contributed by atoms with Crippen molar-refractivity contribution in [2.45, 2.75) is 44.8 Å². The first-order chi connectivity index (χ1) is 12.8. The molecule has 0 fully saturated rings. The van der Waals surface area contributed by atoms with Crippen molar-refractivity contribution in [3.63, 3.8) is 0 Å². The van der Waals surface area contributed by atoms with Crippen LogP contribution in [0.25, 0.3) is 0 Å². The molecule has 0 saturated carbocycles. The van der Waals surface area contributed by atoms with Crippen molar-refractivity contribution in [3.05, 3.63) is 34.4 Å². The molecular weight excluding hydrogens is 368 g/mol. The number of ether oxygens (including phenoxy) is 1. The minimum atomic E-state index is -1.99. The summed E-state index contributed by atoms with van der Waals surface area (Å²) in [6.07, 6.45) is 0.179. The van der Waals surface area contributed by atoms with Crippen LogP contribution < -0.4 is 22.5 Å². The van der Waals surface area contributed by atoms with Crippen molar-refractivity contribution in [1.29, 1.82) is 0 Å². The van der Waals surface area contributed by atoms with Gasteiger partial charge >= 0.3 is 5.97 Å². The molecule has 28 heavy (non-hydrogen) atoms. The van der Waals surface area contributed by atoms with Gasteiger partial charge in [-0.1, -0.05) is 0 Å². The van der Waals surface area contributed by atoms with E-state index in [2.05, 4.69) is 10.3 Å². The van der Waals surface area contributed by atoms with Gasteiger partial charge in [0.15, 0.2) is 11.5 Å². The van der Waals surface area contributed by atoms with E-state index in [9.17, 15) is 19.7 Å². The Hall–Kier alpha value is -3.21. The minimum absolute atomic E-state index is 0.0719. The van der Waals surface area contributed by atoms with Gasteiger partial charge in [-0.25, -0.2) is 4.79 Å². The maximum Gasteiger partial charge on any atom is 0.336 e. The number of guanidine groups is 1. The van der Waals surface area contributed by atoms with Crippen molar-refractivity contribution in [2.24, 2.45) is 22.2 Å². The highest BCUT2D eigenvalue weighted by Gasteiger charge is 2.44. The van der Waals surface area contributed by atoms with Crippen LogP contribution in [0.4, 0.5) is 11.4 Å². The Labute approximate surface area is 162 Å². The second-order valence-corrected chi connectivity index (χ2v) is 7.14. The number of nitrogens with one attached hydrogen (secondary N) is 1. The molecule has 1 amide bonds. The molecule has 0 radical (unpaired) electrons. The number of nitro benzene ring substituents is 1. The van der Waals surface area contributed by atoms with Crippen molar-refractivity contribution < 1.29 is 19.2 Å². The lowest BCUT2D eigenvalue weighted by Gasteiger charge is -2.30. The maximum atomic E-state index is 12.8. The number of aliphatic imine (C=N–C) groups is 1. The number of carbonyl (C=O) groups is 2. The summed E-state index contributed by atoms with van der Waals surface area (Å²) in [6.45, 7) is 5.13. The molecule has 0 unspecified atom stereocenters. The van der Waals surface area contributed by atoms with E-state index < -0.39 is 27.9 Å². The first-order valence-electron chi connectivity index (χ1n) is 8.49. The van der Waals surface area contributed by atoms with Crippen LogP contribution in [-0.4, -0.2) is 40.4 Å². The van der Waals surface area contributed by atoms with Crippen LogP contribution in [0.1, 0.15) is 33.6 Å². The van der Waals surface area contributed by atoms with Gasteiger partial charge in [0.25, 0.3) is 11.6 Å². The van der Waals surface area contributed by atoms with Gasteiger partial charge < -0.3 is 27.3 Å². The molecule has 0 aliphatic heterocycles. The first-order valence-corrected chi connectivity index (χ1v) is 8.49. The summed E-state index contributed by atoms with van der Waals surface area (Å²) >= 11 is 0. The lowest BCUT2D eigenvalue weighted by Crippen LogP contribution is -2.59. The Balaban J connectivity index is 3.00. The molecule has 1 rings (SSSR count). The molecule has 0 aliphatic carbocycles. The summed E-state index contributed by atoms with van der Waals surface area (Å²) < 4.78 is 5.29. The topological polar surface area (TPSA) is 189 Å². The smallest absolute Gasteiger partial charge is 0.336 e. The number of esters is 1. The molecule has 1 aromatic rings. The third-order valence-electron chi connectivity index (χ3n) is 3.53. The van der Waals surface area contributed by atoms with Crippen molar-refractivity contribution in [1.82, 2.24) is 0 Å². The summed E-state index contributed by atoms with van der Waals surface area (Å²) in [5, 5.41) is 13.2. The number of nitrogens with zero attached hydrogens (tertiary/aromatic N) is 2. The molecular formula is C17H26N6O5. The van der Waals surface area contributed by atoms with Crippen LogP contribution in [0, 0.1) is 10.1 Å². The van der Waals surface area contributed by atoms with E-state index in [0.717, 1.165) is 0 Å². The fourth-order valence-electron chi connectivity index (χ4n) is 2.15. The Morgan fingerprint density at radius 3 is 2.25 bits per heavy atom. The fraction of sp³-hybridized carbons (Fsp3) is 0.471. The summed E-state index contributed by atoms with van der Waals surface area (Å²) in [4.78, 5) is 39.3. The van der Waals surface area contributed by atoms with E-state index >= 15 is 0 Å². The molecule has 1 aromatic carbocycles. The molecule has 154 valence electrons. The van der Waals surface area contributed by atoms with E-state index in [1.54, 1.807) is 20.8 Å². The second-order valence-electron chi connectivity index (χ2n) is 7.14. The van der Waals surface area contributed by atoms with Crippen molar-refractivity contribution in [3.8, 4) is 0 Å². The van der Waals surface area contributed by atoms with Gasteiger partial charge in [-0.15, -0.1) is 0 Å². The Bertz CT molecular complexity index is 752. The van der Waals surface area contributed by atoms with Crippen LogP contribution in [-0.2, 0) is 14.3 Å². The molecule has 0 aromatic heterocycles. The minimum Gasteiger partial charge on any atom is -0.458 e. The molecule has 1 atom stereocenters. The van der Waals surface area contributed by atoms with Gasteiger partial charge in [0, 0.05) is 24.4 Å². The number of hydrogen-bond donors (Lipinski definition) is 4. The molecule has 7 N–H and O–H groups in total. The number of rotatable bonds is 8. The summed E-state index contributed by atoms with van der Waals surface area (Å²) in [5.74, 6) is -1.82. The van der Waals surface area contributed by atoms with Crippen LogP contribution in [0.5, 0.6) is 0 Å². The second kappa shape index (κ2) is 9.13. The van der Waals surface area contributed by atoms with Gasteiger partial charge in [-0.05, 0) is 45.7 Å². The monoisotopic (exact) mass is 394 g/mol. The quantitative estimate of drug-likeness (QED) is 0.0938. The molecule has 11 nitrogen and oxygen atoms in total. The van der Waals surface area contributed by atoms with Crippen LogP contribution >= 0.6 is 0 Å². The fourth-order valence-corrected chi connectivity index (χ4v) is 2.15. The average molecular weight is 394 g/mol. The predicted octanol–water partition coefficient (Wildman–Crippen LogP) is 0.626. The summed E-state index contributed by atoms with van der Waals surface area (Å²) in [7, 11) is 0. The lowest BCUT2D eigenvalue weighted by atomic mass is 9.92. The third-order valence-corrected chi connectivity index (χ3v) is 3.53. The molecule has 11 heteroatoms. The van der Waals surface area contributed by atoms with E-state index in [1.165, 1.54) is 24.3 Å². The largest absolute Gasteiger partial charge is 0.458 e. The van der Waals surface area contributed by atoms with Crippen LogP contribution in [0.3, 0.4) is 0 Å². The third kappa shape index (κ3) is 6.83. The molecule has 0 heterocycles. The van der Waals surface area contributed by atoms with E-state index in [0.29, 0.717) is 0 Å². The number of non-ortho nitro benzene ring substituents is 1. The number of carbonyl (C=O) groups excluding carboxylic acids is 2. The average Bonchev–Trinajstić information content (AvgIpc) is 2.57. The van der Waals surface area contributed by atoms with Gasteiger partial charge in [-0.2, -0.15) is 0 Å². The highest BCUT2D eigenvalue weighted by Crippen LogP contribution is 2.21. The molecule has 0 bridgehead atoms. The zero-order chi connectivity index (χ0) is 21.5. The normalized spacial score (nSPS) is 13.1. The van der Waals surface area contributed by atoms with Gasteiger partial charge in [0.1, 0.15) is 5.60 Å². The zero-order valence-electron chi connectivity index (χ0n) is 16.1. The van der Waals surface area contributed by atoms with Crippen LogP contribution in [0.2, 0.25) is 0 Å². The van der Waals surface area contributed by atoms with Crippen LogP contribution in [0.15, 0.2) is 29.3 Å². The van der Waals surface area contributed by atoms with E-state index in [1.807, 2.05) is 0 Å². The van der Waals surface area contributed by atoms with Crippen molar-refractivity contribution >= 4 is 29.2 Å². The molecule has 0 spiro atoms. The SMILES string of the molecule is CC(C)(C)OC(=O)[C@](N)(CCCN=C(N)N)C(=O)Nc1ccc([N+](=O)[O-])cc1. The highest BCUT2D eigenvalue weighted by atomic mass is 16.6. The standard InChI is InChI=1S/C17H26N6O5/c1-16(2,3)28-14(25)17(20,9-4-10-21-15(18)19)13(24)22-11-5-7-12(8-6-11)23(26)27/h5-8H,4,9-10,20H2,1-3H3,(H,22,24)(H4,18,19,21)/t17-/m0/s1. The van der Waals surface area contributed by atoms with Crippen molar-refractivity contribution in [2.75, 3.05) is 11.9 Å². The number of amides is 1. The Morgan fingerprint density at radius 2 is 1.79 bits per heavy atom. The summed E-state index contributed by atoms with van der Waals surface area (Å²) in [6, 6.07) is 5.12. The summed E-state index contributed by atoms with van der Waals surface area (Å²) in [5.41, 5.74) is 13.9. The predicted molar refractivity (Wildman–Crippen MR) is 104 cm³/mol.